The molecule has 3 atom stereocenters. The van der Waals surface area contributed by atoms with Crippen LogP contribution in [0.1, 0.15) is 77.5 Å². The maximum absolute atomic E-state index is 9.73. The van der Waals surface area contributed by atoms with Gasteiger partial charge in [0, 0.05) is 12.0 Å². The van der Waals surface area contributed by atoms with Gasteiger partial charge in [-0.3, -0.25) is 0 Å². The predicted octanol–water partition coefficient (Wildman–Crippen LogP) is 4.94. The van der Waals surface area contributed by atoms with Gasteiger partial charge in [-0.1, -0.05) is 66.2 Å². The molecular formula is C21H32O. The van der Waals surface area contributed by atoms with E-state index in [-0.39, 0.29) is 16.2 Å². The lowest BCUT2D eigenvalue weighted by Gasteiger charge is -2.42. The Morgan fingerprint density at radius 2 is 1.55 bits per heavy atom. The average Bonchev–Trinajstić information content (AvgIpc) is 3.09. The Morgan fingerprint density at radius 1 is 0.955 bits per heavy atom. The summed E-state index contributed by atoms with van der Waals surface area (Å²) in [6.07, 6.45) is 3.68. The summed E-state index contributed by atoms with van der Waals surface area (Å²) in [7, 11) is 0. The predicted molar refractivity (Wildman–Crippen MR) is 93.4 cm³/mol. The smallest absolute Gasteiger partial charge is 0.0470 e. The van der Waals surface area contributed by atoms with E-state index in [0.717, 1.165) is 6.42 Å². The van der Waals surface area contributed by atoms with E-state index in [2.05, 4.69) is 59.7 Å². The van der Waals surface area contributed by atoms with Crippen molar-refractivity contribution in [1.82, 2.24) is 0 Å². The van der Waals surface area contributed by atoms with Crippen LogP contribution in [0, 0.1) is 11.8 Å². The lowest BCUT2D eigenvalue weighted by molar-refractivity contribution is 0.261. The van der Waals surface area contributed by atoms with Crippen molar-refractivity contribution in [3.63, 3.8) is 0 Å². The van der Waals surface area contributed by atoms with Crippen molar-refractivity contribution < 1.29 is 5.11 Å². The number of fused-ring (bicyclic) bond motifs is 1. The van der Waals surface area contributed by atoms with E-state index >= 15 is 0 Å². The molecule has 1 heteroatoms. The molecule has 0 spiro atoms. The van der Waals surface area contributed by atoms with Crippen molar-refractivity contribution in [3.8, 4) is 0 Å². The maximum Gasteiger partial charge on any atom is 0.0470 e. The fraction of sp³-hybridized carbons (Fsp3) is 0.714. The molecule has 1 saturated carbocycles. The summed E-state index contributed by atoms with van der Waals surface area (Å²) < 4.78 is 0. The van der Waals surface area contributed by atoms with Gasteiger partial charge in [0.2, 0.25) is 0 Å². The van der Waals surface area contributed by atoms with Gasteiger partial charge in [-0.15, -0.1) is 0 Å². The first-order valence-corrected chi connectivity index (χ1v) is 8.95. The highest BCUT2D eigenvalue weighted by Gasteiger charge is 2.60. The first kappa shape index (κ1) is 16.1. The lowest BCUT2D eigenvalue weighted by atomic mass is 9.62. The van der Waals surface area contributed by atoms with Gasteiger partial charge < -0.3 is 5.11 Å². The topological polar surface area (TPSA) is 20.2 Å². The van der Waals surface area contributed by atoms with E-state index < -0.39 is 0 Å². The van der Waals surface area contributed by atoms with Crippen LogP contribution in [0.15, 0.2) is 18.2 Å². The summed E-state index contributed by atoms with van der Waals surface area (Å²) in [5.41, 5.74) is 5.25. The van der Waals surface area contributed by atoms with E-state index in [0.29, 0.717) is 18.4 Å². The second-order valence-electron chi connectivity index (χ2n) is 9.11. The number of rotatable bonds is 3. The van der Waals surface area contributed by atoms with Gasteiger partial charge >= 0.3 is 0 Å². The van der Waals surface area contributed by atoms with Crippen LogP contribution in [0.5, 0.6) is 0 Å². The Bertz CT molecular complexity index is 572. The van der Waals surface area contributed by atoms with Gasteiger partial charge in [-0.25, -0.2) is 0 Å². The van der Waals surface area contributed by atoms with Crippen molar-refractivity contribution in [3.05, 3.63) is 34.9 Å². The molecule has 1 nitrogen and oxygen atoms in total. The second-order valence-corrected chi connectivity index (χ2v) is 9.11. The fourth-order valence-electron chi connectivity index (χ4n) is 5.08. The third-order valence-corrected chi connectivity index (χ3v) is 7.03. The monoisotopic (exact) mass is 300 g/mol. The molecule has 0 radical (unpaired) electrons. The Morgan fingerprint density at radius 3 is 2.05 bits per heavy atom. The average molecular weight is 300 g/mol. The molecule has 1 fully saturated rings. The zero-order chi connectivity index (χ0) is 16.3. The van der Waals surface area contributed by atoms with Crippen LogP contribution >= 0.6 is 0 Å². The lowest BCUT2D eigenvalue weighted by Crippen LogP contribution is -2.34. The quantitative estimate of drug-likeness (QED) is 0.838. The molecule has 2 aliphatic carbocycles. The van der Waals surface area contributed by atoms with Gasteiger partial charge in [0.15, 0.2) is 0 Å². The molecule has 122 valence electrons. The van der Waals surface area contributed by atoms with Crippen molar-refractivity contribution in [1.29, 1.82) is 0 Å². The molecule has 2 aliphatic rings. The van der Waals surface area contributed by atoms with Crippen LogP contribution in [0.25, 0.3) is 0 Å². The Labute approximate surface area is 136 Å². The summed E-state index contributed by atoms with van der Waals surface area (Å²) in [6, 6.07) is 7.21. The minimum Gasteiger partial charge on any atom is -0.396 e. The summed E-state index contributed by atoms with van der Waals surface area (Å²) in [5.74, 6) is 1.07. The molecular weight excluding hydrogens is 268 g/mol. The van der Waals surface area contributed by atoms with Crippen molar-refractivity contribution >= 4 is 0 Å². The molecule has 0 amide bonds. The summed E-state index contributed by atoms with van der Waals surface area (Å²) in [4.78, 5) is 0. The molecule has 0 aliphatic heterocycles. The Kier molecular flexibility index (Phi) is 3.53. The molecule has 22 heavy (non-hydrogen) atoms. The van der Waals surface area contributed by atoms with Crippen LogP contribution in [0.3, 0.4) is 0 Å². The summed E-state index contributed by atoms with van der Waals surface area (Å²) >= 11 is 0. The van der Waals surface area contributed by atoms with Gasteiger partial charge in [-0.05, 0) is 52.2 Å². The van der Waals surface area contributed by atoms with Gasteiger partial charge in [0.25, 0.3) is 0 Å². The van der Waals surface area contributed by atoms with Crippen molar-refractivity contribution in [2.75, 3.05) is 6.61 Å². The zero-order valence-corrected chi connectivity index (χ0v) is 15.2. The Hall–Kier alpha value is -0.820. The van der Waals surface area contributed by atoms with Crippen LogP contribution in [0.2, 0.25) is 0 Å². The largest absolute Gasteiger partial charge is 0.396 e. The zero-order valence-electron chi connectivity index (χ0n) is 15.2. The molecule has 1 aromatic carbocycles. The highest BCUT2D eigenvalue weighted by molar-refractivity contribution is 5.47. The van der Waals surface area contributed by atoms with E-state index in [1.165, 1.54) is 24.0 Å². The van der Waals surface area contributed by atoms with Gasteiger partial charge in [0.05, 0.1) is 0 Å². The van der Waals surface area contributed by atoms with E-state index in [9.17, 15) is 5.11 Å². The molecule has 1 N–H and O–H groups in total. The highest BCUT2D eigenvalue weighted by atomic mass is 16.3. The number of aliphatic hydroxyl groups is 1. The van der Waals surface area contributed by atoms with E-state index in [1.54, 1.807) is 5.56 Å². The molecule has 0 heterocycles. The molecule has 0 bridgehead atoms. The van der Waals surface area contributed by atoms with Crippen molar-refractivity contribution in [2.24, 2.45) is 11.8 Å². The van der Waals surface area contributed by atoms with E-state index in [4.69, 9.17) is 0 Å². The number of hydrogen-bond acceptors (Lipinski definition) is 1. The molecule has 3 rings (SSSR count). The third-order valence-electron chi connectivity index (χ3n) is 7.03. The van der Waals surface area contributed by atoms with Crippen LogP contribution in [0.4, 0.5) is 0 Å². The van der Waals surface area contributed by atoms with Crippen LogP contribution in [-0.4, -0.2) is 11.7 Å². The number of benzene rings is 1. The molecule has 0 aromatic heterocycles. The SMILES string of the molecule is CC[C@@H]1[C@@H](CO)[C@@]1(C)c1ccc2c(c1)C(C)(C)CCC2(C)C. The van der Waals surface area contributed by atoms with Crippen molar-refractivity contribution in [2.45, 2.75) is 77.0 Å². The standard InChI is InChI=1S/C21H32O/c1-7-15-18(13-22)21(15,6)14-8-9-16-17(12-14)20(4,5)11-10-19(16,2)3/h8-9,12,15,18,22H,7,10-11,13H2,1-6H3/t15-,18-,21+/m1/s1. The highest BCUT2D eigenvalue weighted by Crippen LogP contribution is 2.61. The minimum atomic E-state index is 0.177. The molecule has 0 unspecified atom stereocenters. The van der Waals surface area contributed by atoms with Gasteiger partial charge in [0.1, 0.15) is 0 Å². The molecule has 0 saturated heterocycles. The first-order valence-electron chi connectivity index (χ1n) is 8.95. The minimum absolute atomic E-state index is 0.177. The summed E-state index contributed by atoms with van der Waals surface area (Å²) in [5, 5.41) is 9.73. The fourth-order valence-corrected chi connectivity index (χ4v) is 5.08. The van der Waals surface area contributed by atoms with Crippen LogP contribution in [-0.2, 0) is 16.2 Å². The second kappa shape index (κ2) is 4.84. The number of hydrogen-bond donors (Lipinski definition) is 1. The number of aliphatic hydroxyl groups excluding tert-OH is 1. The normalized spacial score (nSPS) is 35.0. The molecule has 1 aromatic rings. The first-order chi connectivity index (χ1) is 10.2. The maximum atomic E-state index is 9.73. The summed E-state index contributed by atoms with van der Waals surface area (Å²) in [6.45, 7) is 14.5. The van der Waals surface area contributed by atoms with Crippen LogP contribution < -0.4 is 0 Å². The Balaban J connectivity index is 2.08. The van der Waals surface area contributed by atoms with E-state index in [1.807, 2.05) is 0 Å². The third kappa shape index (κ3) is 2.08. The van der Waals surface area contributed by atoms with Gasteiger partial charge in [-0.2, -0.15) is 0 Å².